The number of ether oxygens (including phenoxy) is 1. The van der Waals surface area contributed by atoms with E-state index in [0.717, 1.165) is 25.1 Å². The number of rotatable bonds is 8. The molecule has 24 heavy (non-hydrogen) atoms. The first-order chi connectivity index (χ1) is 11.6. The van der Waals surface area contributed by atoms with Crippen molar-refractivity contribution in [2.75, 3.05) is 38.3 Å². The molecule has 1 amide bonds. The average molecular weight is 365 g/mol. The summed E-state index contributed by atoms with van der Waals surface area (Å²) in [6, 6.07) is 8.28. The van der Waals surface area contributed by atoms with Crippen LogP contribution in [-0.4, -0.2) is 48.5 Å². The molecule has 1 fully saturated rings. The first-order valence-corrected chi connectivity index (χ1v) is 9.42. The summed E-state index contributed by atoms with van der Waals surface area (Å²) in [5.74, 6) is -0.00563. The number of methoxy groups -OCH3 is 1. The number of anilines is 1. The van der Waals surface area contributed by atoms with Crippen molar-refractivity contribution in [2.45, 2.75) is 20.3 Å². The van der Waals surface area contributed by atoms with Crippen LogP contribution in [0.1, 0.15) is 25.8 Å². The molecular formula is C18H24N2O2S2. The molecule has 6 heteroatoms. The minimum Gasteiger partial charge on any atom is -0.385 e. The van der Waals surface area contributed by atoms with Crippen LogP contribution in [0.15, 0.2) is 29.2 Å². The minimum absolute atomic E-state index is 0.00563. The van der Waals surface area contributed by atoms with Gasteiger partial charge in [-0.15, -0.1) is 0 Å². The second kappa shape index (κ2) is 9.20. The fourth-order valence-electron chi connectivity index (χ4n) is 2.58. The molecule has 0 aliphatic carbocycles. The Morgan fingerprint density at radius 2 is 1.92 bits per heavy atom. The Kier molecular flexibility index (Phi) is 7.27. The number of nitrogens with zero attached hydrogens (tertiary/aromatic N) is 2. The number of amides is 1. The van der Waals surface area contributed by atoms with Crippen molar-refractivity contribution in [3.8, 4) is 0 Å². The summed E-state index contributed by atoms with van der Waals surface area (Å²) in [6.45, 7) is 7.49. The lowest BCUT2D eigenvalue weighted by Gasteiger charge is -2.20. The molecule has 0 unspecified atom stereocenters. The number of hydrogen-bond acceptors (Lipinski definition) is 5. The normalized spacial score (nSPS) is 16.3. The molecule has 0 aromatic heterocycles. The number of carbonyl (C=O) groups is 1. The van der Waals surface area contributed by atoms with E-state index in [0.29, 0.717) is 22.4 Å². The van der Waals surface area contributed by atoms with Crippen molar-refractivity contribution in [3.05, 3.63) is 34.7 Å². The molecule has 1 aromatic carbocycles. The highest BCUT2D eigenvalue weighted by Gasteiger charge is 2.31. The van der Waals surface area contributed by atoms with E-state index >= 15 is 0 Å². The third-order valence-electron chi connectivity index (χ3n) is 3.92. The van der Waals surface area contributed by atoms with E-state index in [9.17, 15) is 4.79 Å². The van der Waals surface area contributed by atoms with Gasteiger partial charge in [0, 0.05) is 39.0 Å². The van der Waals surface area contributed by atoms with Gasteiger partial charge in [0.1, 0.15) is 4.32 Å². The van der Waals surface area contributed by atoms with E-state index in [-0.39, 0.29) is 5.91 Å². The molecule has 1 aliphatic heterocycles. The van der Waals surface area contributed by atoms with Gasteiger partial charge in [-0.25, -0.2) is 0 Å². The number of thiocarbonyl (C=S) groups is 1. The Bertz CT molecular complexity index is 610. The van der Waals surface area contributed by atoms with Gasteiger partial charge in [-0.3, -0.25) is 9.69 Å². The zero-order valence-corrected chi connectivity index (χ0v) is 16.1. The number of carbonyl (C=O) groups excluding carboxylic acids is 1. The van der Waals surface area contributed by atoms with Crippen LogP contribution >= 0.6 is 24.0 Å². The molecule has 4 nitrogen and oxygen atoms in total. The van der Waals surface area contributed by atoms with Crippen molar-refractivity contribution < 1.29 is 9.53 Å². The monoisotopic (exact) mass is 364 g/mol. The predicted molar refractivity (Wildman–Crippen MR) is 106 cm³/mol. The van der Waals surface area contributed by atoms with Crippen LogP contribution in [0.2, 0.25) is 0 Å². The lowest BCUT2D eigenvalue weighted by molar-refractivity contribution is -0.122. The van der Waals surface area contributed by atoms with Crippen LogP contribution in [0.3, 0.4) is 0 Å². The van der Waals surface area contributed by atoms with Gasteiger partial charge >= 0.3 is 0 Å². The van der Waals surface area contributed by atoms with Gasteiger partial charge in [0.05, 0.1) is 4.91 Å². The fourth-order valence-corrected chi connectivity index (χ4v) is 3.89. The SMILES string of the molecule is CCN(CC)c1ccc(C=C2SC(=S)N(CCCOC)C2=O)cc1. The van der Waals surface area contributed by atoms with Gasteiger partial charge in [-0.05, 0) is 44.0 Å². The topological polar surface area (TPSA) is 32.8 Å². The second-order valence-corrected chi connectivity index (χ2v) is 7.12. The first kappa shape index (κ1) is 19.0. The van der Waals surface area contributed by atoms with Crippen LogP contribution < -0.4 is 4.90 Å². The van der Waals surface area contributed by atoms with Gasteiger partial charge in [0.15, 0.2) is 0 Å². The Morgan fingerprint density at radius 3 is 2.50 bits per heavy atom. The molecule has 2 rings (SSSR count). The number of hydrogen-bond donors (Lipinski definition) is 0. The zero-order chi connectivity index (χ0) is 17.5. The molecule has 0 radical (unpaired) electrons. The quantitative estimate of drug-likeness (QED) is 0.398. The lowest BCUT2D eigenvalue weighted by Crippen LogP contribution is -2.29. The van der Waals surface area contributed by atoms with Gasteiger partial charge in [0.2, 0.25) is 0 Å². The molecule has 0 atom stereocenters. The maximum Gasteiger partial charge on any atom is 0.266 e. The maximum absolute atomic E-state index is 12.5. The summed E-state index contributed by atoms with van der Waals surface area (Å²) in [5, 5.41) is 0. The van der Waals surface area contributed by atoms with E-state index in [1.54, 1.807) is 12.0 Å². The average Bonchev–Trinajstić information content (AvgIpc) is 2.85. The standard InChI is InChI=1S/C18H24N2O2S2/c1-4-19(5-2)15-9-7-14(8-10-15)13-16-17(21)20(18(23)24-16)11-6-12-22-3/h7-10,13H,4-6,11-12H2,1-3H3. The van der Waals surface area contributed by atoms with Crippen molar-refractivity contribution in [2.24, 2.45) is 0 Å². The molecule has 0 bridgehead atoms. The molecule has 0 N–H and O–H groups in total. The van der Waals surface area contributed by atoms with Crippen LogP contribution in [0.25, 0.3) is 6.08 Å². The molecule has 1 aliphatic rings. The van der Waals surface area contributed by atoms with Gasteiger partial charge < -0.3 is 9.64 Å². The van der Waals surface area contributed by atoms with Gasteiger partial charge in [-0.2, -0.15) is 0 Å². The third-order valence-corrected chi connectivity index (χ3v) is 5.30. The smallest absolute Gasteiger partial charge is 0.266 e. The minimum atomic E-state index is -0.00563. The Labute approximate surface area is 153 Å². The molecule has 1 saturated heterocycles. The lowest BCUT2D eigenvalue weighted by atomic mass is 10.1. The number of benzene rings is 1. The summed E-state index contributed by atoms with van der Waals surface area (Å²) in [5.41, 5.74) is 2.22. The van der Waals surface area contributed by atoms with E-state index in [1.807, 2.05) is 18.2 Å². The van der Waals surface area contributed by atoms with Crippen molar-refractivity contribution in [1.29, 1.82) is 0 Å². The number of thioether (sulfide) groups is 1. The summed E-state index contributed by atoms with van der Waals surface area (Å²) in [6.07, 6.45) is 2.70. The van der Waals surface area contributed by atoms with Crippen molar-refractivity contribution in [3.63, 3.8) is 0 Å². The first-order valence-electron chi connectivity index (χ1n) is 8.20. The highest BCUT2D eigenvalue weighted by atomic mass is 32.2. The van der Waals surface area contributed by atoms with Gasteiger partial charge in [-0.1, -0.05) is 36.1 Å². The second-order valence-electron chi connectivity index (χ2n) is 5.44. The van der Waals surface area contributed by atoms with Crippen LogP contribution in [0.4, 0.5) is 5.69 Å². The summed E-state index contributed by atoms with van der Waals surface area (Å²) < 4.78 is 5.66. The van der Waals surface area contributed by atoms with E-state index in [4.69, 9.17) is 17.0 Å². The molecular weight excluding hydrogens is 340 g/mol. The largest absolute Gasteiger partial charge is 0.385 e. The molecule has 1 aromatic rings. The van der Waals surface area contributed by atoms with E-state index in [2.05, 4.69) is 30.9 Å². The fraction of sp³-hybridized carbons (Fsp3) is 0.444. The van der Waals surface area contributed by atoms with Crippen LogP contribution in [0.5, 0.6) is 0 Å². The molecule has 1 heterocycles. The Morgan fingerprint density at radius 1 is 1.25 bits per heavy atom. The summed E-state index contributed by atoms with van der Waals surface area (Å²) in [7, 11) is 1.66. The van der Waals surface area contributed by atoms with Gasteiger partial charge in [0.25, 0.3) is 5.91 Å². The van der Waals surface area contributed by atoms with Crippen LogP contribution in [-0.2, 0) is 9.53 Å². The maximum atomic E-state index is 12.5. The Balaban J connectivity index is 2.08. The van der Waals surface area contributed by atoms with Crippen molar-refractivity contribution in [1.82, 2.24) is 4.90 Å². The van der Waals surface area contributed by atoms with Crippen molar-refractivity contribution >= 4 is 46.0 Å². The Hall–Kier alpha value is -1.37. The highest BCUT2D eigenvalue weighted by molar-refractivity contribution is 8.26. The predicted octanol–water partition coefficient (Wildman–Crippen LogP) is 3.77. The molecule has 0 saturated carbocycles. The summed E-state index contributed by atoms with van der Waals surface area (Å²) >= 11 is 6.70. The van der Waals surface area contributed by atoms with E-state index < -0.39 is 0 Å². The van der Waals surface area contributed by atoms with E-state index in [1.165, 1.54) is 17.4 Å². The highest BCUT2D eigenvalue weighted by Crippen LogP contribution is 2.32. The van der Waals surface area contributed by atoms with Crippen LogP contribution in [0, 0.1) is 0 Å². The third kappa shape index (κ3) is 4.59. The zero-order valence-electron chi connectivity index (χ0n) is 14.4. The molecule has 0 spiro atoms. The molecule has 130 valence electrons. The summed E-state index contributed by atoms with van der Waals surface area (Å²) in [4.78, 5) is 17.1.